The van der Waals surface area contributed by atoms with E-state index in [1.165, 1.54) is 18.2 Å². The number of sulfone groups is 1. The van der Waals surface area contributed by atoms with Crippen LogP contribution in [0.3, 0.4) is 0 Å². The lowest BCUT2D eigenvalue weighted by Crippen LogP contribution is -2.01. The Kier molecular flexibility index (Phi) is 4.25. The molecule has 0 radical (unpaired) electrons. The van der Waals surface area contributed by atoms with Gasteiger partial charge in [0.25, 0.3) is 0 Å². The van der Waals surface area contributed by atoms with Crippen LogP contribution in [0.1, 0.15) is 6.92 Å². The van der Waals surface area contributed by atoms with E-state index in [2.05, 4.69) is 0 Å². The van der Waals surface area contributed by atoms with Gasteiger partial charge in [-0.2, -0.15) is 0 Å². The molecule has 6 heteroatoms. The Hall–Kier alpha value is -1.66. The first kappa shape index (κ1) is 14.7. The van der Waals surface area contributed by atoms with Crippen molar-refractivity contribution >= 4 is 21.6 Å². The fourth-order valence-electron chi connectivity index (χ4n) is 1.69. The van der Waals surface area contributed by atoms with E-state index < -0.39 is 15.6 Å². The Morgan fingerprint density at radius 1 is 0.950 bits per heavy atom. The summed E-state index contributed by atoms with van der Waals surface area (Å²) in [6.07, 6.45) is 0. The van der Waals surface area contributed by atoms with Gasteiger partial charge in [0, 0.05) is 11.0 Å². The second-order valence-corrected chi connectivity index (χ2v) is 7.35. The molecule has 0 aliphatic carbocycles. The molecule has 106 valence electrons. The van der Waals surface area contributed by atoms with Gasteiger partial charge in [0.05, 0.1) is 9.79 Å². The Morgan fingerprint density at radius 3 is 2.10 bits per heavy atom. The topological polar surface area (TPSA) is 74.6 Å². The number of benzene rings is 2. The summed E-state index contributed by atoms with van der Waals surface area (Å²) in [5.41, 5.74) is 0. The SMILES string of the molecule is CCSc1ccc(S(=O)(=O)c2ccc(O)c(O)c2)cc1. The minimum Gasteiger partial charge on any atom is -0.504 e. The monoisotopic (exact) mass is 310 g/mol. The van der Waals surface area contributed by atoms with Crippen molar-refractivity contribution in [3.63, 3.8) is 0 Å². The van der Waals surface area contributed by atoms with Crippen molar-refractivity contribution in [2.45, 2.75) is 21.6 Å². The molecule has 2 aromatic rings. The number of phenolic OH excluding ortho intramolecular Hbond substituents is 2. The van der Waals surface area contributed by atoms with Gasteiger partial charge in [0.1, 0.15) is 0 Å². The summed E-state index contributed by atoms with van der Waals surface area (Å²) >= 11 is 1.63. The van der Waals surface area contributed by atoms with Crippen LogP contribution in [0.2, 0.25) is 0 Å². The van der Waals surface area contributed by atoms with E-state index in [-0.39, 0.29) is 15.5 Å². The van der Waals surface area contributed by atoms with Gasteiger partial charge in [-0.15, -0.1) is 11.8 Å². The van der Waals surface area contributed by atoms with Crippen LogP contribution in [0.4, 0.5) is 0 Å². The van der Waals surface area contributed by atoms with Gasteiger partial charge in [-0.05, 0) is 42.2 Å². The van der Waals surface area contributed by atoms with E-state index in [4.69, 9.17) is 0 Å². The number of hydrogen-bond donors (Lipinski definition) is 2. The number of thioether (sulfide) groups is 1. The first-order valence-electron chi connectivity index (χ1n) is 5.95. The minimum atomic E-state index is -3.69. The molecule has 0 atom stereocenters. The highest BCUT2D eigenvalue weighted by Crippen LogP contribution is 2.30. The molecular weight excluding hydrogens is 296 g/mol. The van der Waals surface area contributed by atoms with Crippen molar-refractivity contribution < 1.29 is 18.6 Å². The molecule has 0 bridgehead atoms. The van der Waals surface area contributed by atoms with Gasteiger partial charge >= 0.3 is 0 Å². The van der Waals surface area contributed by atoms with Gasteiger partial charge in [-0.1, -0.05) is 6.92 Å². The van der Waals surface area contributed by atoms with Crippen LogP contribution in [0, 0.1) is 0 Å². The predicted octanol–water partition coefficient (Wildman–Crippen LogP) is 3.04. The van der Waals surface area contributed by atoms with Crippen LogP contribution in [-0.2, 0) is 9.84 Å². The highest BCUT2D eigenvalue weighted by molar-refractivity contribution is 7.99. The third-order valence-corrected chi connectivity index (χ3v) is 5.36. The van der Waals surface area contributed by atoms with Crippen molar-refractivity contribution in [3.05, 3.63) is 42.5 Å². The van der Waals surface area contributed by atoms with Crippen molar-refractivity contribution in [3.8, 4) is 11.5 Å². The maximum Gasteiger partial charge on any atom is 0.206 e. The normalized spacial score (nSPS) is 11.4. The lowest BCUT2D eigenvalue weighted by Gasteiger charge is -2.07. The van der Waals surface area contributed by atoms with Gasteiger partial charge in [-0.25, -0.2) is 8.42 Å². The van der Waals surface area contributed by atoms with Crippen LogP contribution < -0.4 is 0 Å². The zero-order valence-electron chi connectivity index (χ0n) is 10.8. The number of rotatable bonds is 4. The molecule has 0 spiro atoms. The molecule has 0 aliphatic rings. The number of phenols is 2. The van der Waals surface area contributed by atoms with Crippen molar-refractivity contribution in [1.82, 2.24) is 0 Å². The molecule has 0 unspecified atom stereocenters. The Bertz CT molecular complexity index is 706. The Labute approximate surface area is 122 Å². The van der Waals surface area contributed by atoms with Gasteiger partial charge < -0.3 is 10.2 Å². The summed E-state index contributed by atoms with van der Waals surface area (Å²) in [5.74, 6) is 0.112. The lowest BCUT2D eigenvalue weighted by molar-refractivity contribution is 0.402. The molecule has 0 saturated heterocycles. The predicted molar refractivity (Wildman–Crippen MR) is 78.1 cm³/mol. The summed E-state index contributed by atoms with van der Waals surface area (Å²) in [7, 11) is -3.69. The number of aromatic hydroxyl groups is 2. The van der Waals surface area contributed by atoms with Crippen molar-refractivity contribution in [2.24, 2.45) is 0 Å². The summed E-state index contributed by atoms with van der Waals surface area (Å²) in [6, 6.07) is 10.0. The summed E-state index contributed by atoms with van der Waals surface area (Å²) < 4.78 is 24.7. The van der Waals surface area contributed by atoms with E-state index in [9.17, 15) is 18.6 Å². The quantitative estimate of drug-likeness (QED) is 0.670. The summed E-state index contributed by atoms with van der Waals surface area (Å²) in [6.45, 7) is 2.02. The van der Waals surface area contributed by atoms with Crippen LogP contribution in [0.15, 0.2) is 57.2 Å². The van der Waals surface area contributed by atoms with E-state index >= 15 is 0 Å². The third kappa shape index (κ3) is 2.91. The second-order valence-electron chi connectivity index (χ2n) is 4.06. The summed E-state index contributed by atoms with van der Waals surface area (Å²) in [4.78, 5) is 1.10. The molecule has 0 aromatic heterocycles. The molecule has 4 nitrogen and oxygen atoms in total. The van der Waals surface area contributed by atoms with Crippen LogP contribution >= 0.6 is 11.8 Å². The Morgan fingerprint density at radius 2 is 1.55 bits per heavy atom. The maximum absolute atomic E-state index is 12.4. The van der Waals surface area contributed by atoms with Crippen LogP contribution in [0.25, 0.3) is 0 Å². The smallest absolute Gasteiger partial charge is 0.206 e. The van der Waals surface area contributed by atoms with Gasteiger partial charge in [-0.3, -0.25) is 0 Å². The van der Waals surface area contributed by atoms with Crippen LogP contribution in [0.5, 0.6) is 11.5 Å². The number of hydrogen-bond acceptors (Lipinski definition) is 5. The molecule has 0 aliphatic heterocycles. The van der Waals surface area contributed by atoms with E-state index in [0.717, 1.165) is 22.8 Å². The highest BCUT2D eigenvalue weighted by atomic mass is 32.2. The molecule has 2 aromatic carbocycles. The third-order valence-electron chi connectivity index (χ3n) is 2.70. The molecule has 0 saturated carbocycles. The highest BCUT2D eigenvalue weighted by Gasteiger charge is 2.19. The van der Waals surface area contributed by atoms with Crippen LogP contribution in [-0.4, -0.2) is 24.4 Å². The summed E-state index contributed by atoms with van der Waals surface area (Å²) in [5, 5.41) is 18.6. The van der Waals surface area contributed by atoms with Crippen molar-refractivity contribution in [2.75, 3.05) is 5.75 Å². The maximum atomic E-state index is 12.4. The molecule has 0 fully saturated rings. The molecular formula is C14H14O4S2. The molecule has 2 rings (SSSR count). The zero-order chi connectivity index (χ0) is 14.8. The minimum absolute atomic E-state index is 0.0521. The van der Waals surface area contributed by atoms with Crippen molar-refractivity contribution in [1.29, 1.82) is 0 Å². The average molecular weight is 310 g/mol. The first-order chi connectivity index (χ1) is 9.45. The molecule has 0 heterocycles. The lowest BCUT2D eigenvalue weighted by atomic mass is 10.3. The standard InChI is InChI=1S/C14H14O4S2/c1-2-19-10-3-5-11(6-4-10)20(17,18)12-7-8-13(15)14(16)9-12/h3-9,15-16H,2H2,1H3. The fourth-order valence-corrected chi connectivity index (χ4v) is 3.63. The Balaban J connectivity index is 2.41. The average Bonchev–Trinajstić information content (AvgIpc) is 2.43. The van der Waals surface area contributed by atoms with E-state index in [1.54, 1.807) is 23.9 Å². The van der Waals surface area contributed by atoms with Gasteiger partial charge in [0.2, 0.25) is 9.84 Å². The van der Waals surface area contributed by atoms with E-state index in [1.807, 2.05) is 6.92 Å². The fraction of sp³-hybridized carbons (Fsp3) is 0.143. The molecule has 2 N–H and O–H groups in total. The first-order valence-corrected chi connectivity index (χ1v) is 8.42. The largest absolute Gasteiger partial charge is 0.504 e. The van der Waals surface area contributed by atoms with E-state index in [0.29, 0.717) is 0 Å². The van der Waals surface area contributed by atoms with Gasteiger partial charge in [0.15, 0.2) is 11.5 Å². The molecule has 20 heavy (non-hydrogen) atoms. The zero-order valence-corrected chi connectivity index (χ0v) is 12.4. The molecule has 0 amide bonds. The second kappa shape index (κ2) is 5.76.